The second kappa shape index (κ2) is 10.2. The Balaban J connectivity index is 1.72. The first-order valence-corrected chi connectivity index (χ1v) is 10.8. The summed E-state index contributed by atoms with van der Waals surface area (Å²) in [5.74, 6) is 0.961. The Kier molecular flexibility index (Phi) is 7.69. The molecule has 2 aliphatic carbocycles. The maximum absolute atomic E-state index is 13.5. The summed E-state index contributed by atoms with van der Waals surface area (Å²) in [5, 5.41) is 3.84. The van der Waals surface area contributed by atoms with E-state index in [1.54, 1.807) is 12.1 Å². The van der Waals surface area contributed by atoms with Gasteiger partial charge in [-0.15, -0.1) is 0 Å². The molecule has 4 heteroatoms. The van der Waals surface area contributed by atoms with Gasteiger partial charge in [0.15, 0.2) is 0 Å². The van der Waals surface area contributed by atoms with Crippen molar-refractivity contribution in [1.29, 1.82) is 0 Å². The SMILES string of the molecule is CCOC(=O)CC1CCCC(NCC2CCCCC2)C1c1ccc(F)cc1. The molecule has 0 radical (unpaired) electrons. The molecule has 0 saturated heterocycles. The van der Waals surface area contributed by atoms with Crippen molar-refractivity contribution >= 4 is 5.97 Å². The average Bonchev–Trinajstić information content (AvgIpc) is 2.68. The first-order chi connectivity index (χ1) is 13.2. The molecule has 27 heavy (non-hydrogen) atoms. The zero-order chi connectivity index (χ0) is 19.1. The van der Waals surface area contributed by atoms with Crippen LogP contribution in [0.15, 0.2) is 24.3 Å². The second-order valence-electron chi connectivity index (χ2n) is 8.30. The Morgan fingerprint density at radius 1 is 1.07 bits per heavy atom. The number of ether oxygens (including phenoxy) is 1. The van der Waals surface area contributed by atoms with Crippen LogP contribution >= 0.6 is 0 Å². The number of nitrogens with one attached hydrogen (secondary N) is 1. The van der Waals surface area contributed by atoms with Crippen molar-refractivity contribution in [2.45, 2.75) is 76.7 Å². The highest BCUT2D eigenvalue weighted by atomic mass is 19.1. The monoisotopic (exact) mass is 375 g/mol. The molecule has 0 heterocycles. The lowest BCUT2D eigenvalue weighted by Gasteiger charge is -2.40. The maximum atomic E-state index is 13.5. The minimum Gasteiger partial charge on any atom is -0.466 e. The molecule has 2 saturated carbocycles. The Labute approximate surface area is 163 Å². The van der Waals surface area contributed by atoms with Gasteiger partial charge in [0, 0.05) is 18.4 Å². The third kappa shape index (κ3) is 5.78. The largest absolute Gasteiger partial charge is 0.466 e. The minimum atomic E-state index is -0.205. The van der Waals surface area contributed by atoms with E-state index >= 15 is 0 Å². The van der Waals surface area contributed by atoms with Crippen LogP contribution in [0, 0.1) is 17.7 Å². The van der Waals surface area contributed by atoms with Crippen molar-refractivity contribution in [3.63, 3.8) is 0 Å². The van der Waals surface area contributed by atoms with Crippen molar-refractivity contribution in [1.82, 2.24) is 5.32 Å². The highest BCUT2D eigenvalue weighted by Crippen LogP contribution is 2.40. The molecule has 3 unspecified atom stereocenters. The van der Waals surface area contributed by atoms with Gasteiger partial charge in [-0.1, -0.05) is 37.8 Å². The number of rotatable bonds is 7. The topological polar surface area (TPSA) is 38.3 Å². The summed E-state index contributed by atoms with van der Waals surface area (Å²) in [5.41, 5.74) is 1.14. The van der Waals surface area contributed by atoms with E-state index in [4.69, 9.17) is 4.74 Å². The number of carbonyl (C=O) groups is 1. The van der Waals surface area contributed by atoms with Crippen LogP contribution in [0.25, 0.3) is 0 Å². The van der Waals surface area contributed by atoms with E-state index < -0.39 is 0 Å². The molecule has 0 aromatic heterocycles. The molecule has 0 spiro atoms. The molecule has 3 rings (SSSR count). The summed E-state index contributed by atoms with van der Waals surface area (Å²) in [4.78, 5) is 12.2. The highest BCUT2D eigenvalue weighted by Gasteiger charge is 2.36. The Morgan fingerprint density at radius 3 is 2.52 bits per heavy atom. The van der Waals surface area contributed by atoms with Crippen LogP contribution in [-0.2, 0) is 9.53 Å². The number of esters is 1. The van der Waals surface area contributed by atoms with Crippen LogP contribution in [0.5, 0.6) is 0 Å². The lowest BCUT2D eigenvalue weighted by atomic mass is 9.71. The summed E-state index contributed by atoms with van der Waals surface area (Å²) in [6, 6.07) is 7.25. The van der Waals surface area contributed by atoms with Gasteiger partial charge < -0.3 is 10.1 Å². The first-order valence-electron chi connectivity index (χ1n) is 10.8. The number of halogens is 1. The number of hydrogen-bond donors (Lipinski definition) is 1. The minimum absolute atomic E-state index is 0.109. The highest BCUT2D eigenvalue weighted by molar-refractivity contribution is 5.69. The lowest BCUT2D eigenvalue weighted by molar-refractivity contribution is -0.144. The molecule has 0 aliphatic heterocycles. The molecular weight excluding hydrogens is 341 g/mol. The van der Waals surface area contributed by atoms with Crippen molar-refractivity contribution in [2.24, 2.45) is 11.8 Å². The average molecular weight is 376 g/mol. The summed E-state index contributed by atoms with van der Waals surface area (Å²) in [6.45, 7) is 3.34. The second-order valence-corrected chi connectivity index (χ2v) is 8.30. The molecule has 0 amide bonds. The van der Waals surface area contributed by atoms with Gasteiger partial charge >= 0.3 is 5.97 Å². The van der Waals surface area contributed by atoms with E-state index in [0.29, 0.717) is 19.1 Å². The number of hydrogen-bond acceptors (Lipinski definition) is 3. The molecule has 0 bridgehead atoms. The fourth-order valence-corrected chi connectivity index (χ4v) is 5.08. The van der Waals surface area contributed by atoms with Gasteiger partial charge in [-0.2, -0.15) is 0 Å². The molecule has 2 fully saturated rings. The fraction of sp³-hybridized carbons (Fsp3) is 0.696. The molecule has 1 aromatic carbocycles. The van der Waals surface area contributed by atoms with Crippen LogP contribution in [-0.4, -0.2) is 25.2 Å². The van der Waals surface area contributed by atoms with Gasteiger partial charge in [0.25, 0.3) is 0 Å². The summed E-state index contributed by atoms with van der Waals surface area (Å²) in [7, 11) is 0. The summed E-state index contributed by atoms with van der Waals surface area (Å²) < 4.78 is 18.7. The van der Waals surface area contributed by atoms with E-state index in [1.165, 1.54) is 32.1 Å². The van der Waals surface area contributed by atoms with Crippen LogP contribution in [0.2, 0.25) is 0 Å². The van der Waals surface area contributed by atoms with Crippen molar-refractivity contribution in [2.75, 3.05) is 13.2 Å². The summed E-state index contributed by atoms with van der Waals surface area (Å²) in [6.07, 6.45) is 10.5. The third-order valence-corrected chi connectivity index (χ3v) is 6.41. The number of benzene rings is 1. The van der Waals surface area contributed by atoms with Crippen molar-refractivity contribution in [3.05, 3.63) is 35.6 Å². The zero-order valence-corrected chi connectivity index (χ0v) is 16.6. The van der Waals surface area contributed by atoms with Gasteiger partial charge in [0.05, 0.1) is 6.61 Å². The van der Waals surface area contributed by atoms with Gasteiger partial charge in [0.1, 0.15) is 5.82 Å². The van der Waals surface area contributed by atoms with Crippen LogP contribution in [0.1, 0.15) is 76.2 Å². The standard InChI is InChI=1S/C23H34FNO2/c1-2-27-22(26)15-19-9-6-10-21(25-16-17-7-4-3-5-8-17)23(19)18-11-13-20(24)14-12-18/h11-14,17,19,21,23,25H,2-10,15-16H2,1H3. The van der Waals surface area contributed by atoms with Crippen LogP contribution in [0.4, 0.5) is 4.39 Å². The molecule has 3 atom stereocenters. The van der Waals surface area contributed by atoms with Crippen molar-refractivity contribution < 1.29 is 13.9 Å². The Bertz CT molecular complexity index is 583. The van der Waals surface area contributed by atoms with E-state index in [-0.39, 0.29) is 23.6 Å². The molecular formula is C23H34FNO2. The van der Waals surface area contributed by atoms with Crippen LogP contribution in [0.3, 0.4) is 0 Å². The lowest BCUT2D eigenvalue weighted by Crippen LogP contribution is -2.44. The maximum Gasteiger partial charge on any atom is 0.306 e. The predicted molar refractivity (Wildman–Crippen MR) is 106 cm³/mol. The van der Waals surface area contributed by atoms with Crippen molar-refractivity contribution in [3.8, 4) is 0 Å². The van der Waals surface area contributed by atoms with Gasteiger partial charge in [-0.25, -0.2) is 4.39 Å². The van der Waals surface area contributed by atoms with Gasteiger partial charge in [-0.05, 0) is 68.7 Å². The Hall–Kier alpha value is -1.42. The van der Waals surface area contributed by atoms with E-state index in [9.17, 15) is 9.18 Å². The molecule has 1 N–H and O–H groups in total. The quantitative estimate of drug-likeness (QED) is 0.666. The molecule has 3 nitrogen and oxygen atoms in total. The van der Waals surface area contributed by atoms with E-state index in [2.05, 4.69) is 5.32 Å². The fourth-order valence-electron chi connectivity index (χ4n) is 5.08. The normalized spacial score (nSPS) is 26.7. The molecule has 1 aromatic rings. The zero-order valence-electron chi connectivity index (χ0n) is 16.6. The molecule has 2 aliphatic rings. The third-order valence-electron chi connectivity index (χ3n) is 6.41. The van der Waals surface area contributed by atoms with E-state index in [1.807, 2.05) is 19.1 Å². The van der Waals surface area contributed by atoms with Gasteiger partial charge in [0.2, 0.25) is 0 Å². The first kappa shape index (κ1) is 20.3. The predicted octanol–water partition coefficient (Wildman–Crippen LogP) is 5.20. The smallest absolute Gasteiger partial charge is 0.306 e. The molecule has 150 valence electrons. The van der Waals surface area contributed by atoms with Crippen LogP contribution < -0.4 is 5.32 Å². The Morgan fingerprint density at radius 2 is 1.81 bits per heavy atom. The number of carbonyl (C=O) groups excluding carboxylic acids is 1. The summed E-state index contributed by atoms with van der Waals surface area (Å²) >= 11 is 0. The van der Waals surface area contributed by atoms with Gasteiger partial charge in [-0.3, -0.25) is 4.79 Å². The van der Waals surface area contributed by atoms with E-state index in [0.717, 1.165) is 37.3 Å².